The lowest BCUT2D eigenvalue weighted by Crippen LogP contribution is -2.30. The highest BCUT2D eigenvalue weighted by Crippen LogP contribution is 2.45. The van der Waals surface area contributed by atoms with Crippen LogP contribution in [0.25, 0.3) is 0 Å². The van der Waals surface area contributed by atoms with Crippen LogP contribution in [0.3, 0.4) is 0 Å². The van der Waals surface area contributed by atoms with Crippen LogP contribution in [0.4, 0.5) is 0 Å². The Bertz CT molecular complexity index is 2440. The lowest BCUT2D eigenvalue weighted by Gasteiger charge is -2.21. The van der Waals surface area contributed by atoms with Crippen LogP contribution < -0.4 is 0 Å². The fraction of sp³-hybridized carbons (Fsp3) is 0.718. The highest BCUT2D eigenvalue weighted by Gasteiger charge is 2.30. The van der Waals surface area contributed by atoms with Crippen LogP contribution >= 0.6 is 15.6 Å². The standard InChI is InChI=1S/C85H146O17P2/c1-5-9-13-17-21-25-29-33-36-38-39-41-44-47-50-54-58-62-66-70-83(88)95-75-80(101-84(89)71-67-63-59-55-51-45-32-28-24-20-16-12-8-4)77-99-103(91,92)97-73-79(86)74-98-104(93,94)100-78-81(102-85(90)72-68-64-60-56-52-48-42-35-31-27-23-19-15-11-7-3)76-96-82(87)69-65-61-57-53-49-46-43-40-37-34-30-26-22-18-14-10-6-2/h9-10,13-14,16,20-22,25-26,28,32-34,36-37,39,41,43,46,79-81,86H,5-8,11-12,15,17-19,23-24,27,29-31,35,38,40,42,44-45,47-78H2,1-4H3,(H,91,92)(H,93,94)/b13-9-,14-10-,20-16-,25-21-,26-22-,32-28-,36-33-,37-34-,41-39-,46-43-. The predicted molar refractivity (Wildman–Crippen MR) is 427 cm³/mol. The Hall–Kier alpha value is -4.54. The van der Waals surface area contributed by atoms with Crippen molar-refractivity contribution >= 4 is 39.5 Å². The van der Waals surface area contributed by atoms with Crippen molar-refractivity contribution in [2.75, 3.05) is 39.6 Å². The van der Waals surface area contributed by atoms with Crippen molar-refractivity contribution in [1.82, 2.24) is 0 Å². The van der Waals surface area contributed by atoms with Crippen LogP contribution in [0.1, 0.15) is 336 Å². The number of aliphatic hydroxyl groups excluding tert-OH is 1. The van der Waals surface area contributed by atoms with E-state index in [0.717, 1.165) is 193 Å². The molecule has 0 spiro atoms. The zero-order valence-electron chi connectivity index (χ0n) is 65.4. The first-order valence-electron chi connectivity index (χ1n) is 40.8. The van der Waals surface area contributed by atoms with Gasteiger partial charge in [-0.05, 0) is 128 Å². The van der Waals surface area contributed by atoms with E-state index in [-0.39, 0.29) is 25.7 Å². The maximum Gasteiger partial charge on any atom is 0.472 e. The normalized spacial score (nSPS) is 14.5. The SMILES string of the molecule is CC/C=C\C/C=C\C/C=C\C/C=C\CCCCCCCCC(=O)OCC(COP(=O)(O)OCC(O)COP(=O)(O)OCC(COC(=O)CCCCCC/C=C\C/C=C\C/C=C\C/C=C\CC)OC(=O)CCCCCCCCCCCCCCCCC)OC(=O)CCCCCCC/C=C\C/C=C\CCC. The highest BCUT2D eigenvalue weighted by atomic mass is 31.2. The molecular weight excluding hydrogens is 1350 g/mol. The summed E-state index contributed by atoms with van der Waals surface area (Å²) in [6.07, 6.45) is 84.5. The molecule has 0 amide bonds. The average Bonchev–Trinajstić information content (AvgIpc) is 0.939. The molecule has 17 nitrogen and oxygen atoms in total. The minimum Gasteiger partial charge on any atom is -0.462 e. The molecule has 0 aliphatic rings. The lowest BCUT2D eigenvalue weighted by atomic mass is 10.0. The van der Waals surface area contributed by atoms with Gasteiger partial charge in [0.25, 0.3) is 0 Å². The number of carbonyl (C=O) groups is 4. The Morgan fingerprint density at radius 2 is 0.519 bits per heavy atom. The van der Waals surface area contributed by atoms with Crippen LogP contribution in [-0.4, -0.2) is 96.7 Å². The Kier molecular flexibility index (Phi) is 73.3. The molecule has 0 aromatic heterocycles. The molecule has 0 bridgehead atoms. The first kappa shape index (κ1) is 99.5. The van der Waals surface area contributed by atoms with E-state index >= 15 is 0 Å². The number of ether oxygens (including phenoxy) is 4. The van der Waals surface area contributed by atoms with Crippen molar-refractivity contribution in [2.45, 2.75) is 354 Å². The number of rotatable bonds is 76. The van der Waals surface area contributed by atoms with E-state index < -0.39 is 97.5 Å². The van der Waals surface area contributed by atoms with Gasteiger partial charge in [0, 0.05) is 25.7 Å². The number of esters is 4. The van der Waals surface area contributed by atoms with Crippen LogP contribution in [-0.2, 0) is 65.4 Å². The molecule has 0 aromatic carbocycles. The summed E-state index contributed by atoms with van der Waals surface area (Å²) < 4.78 is 68.6. The molecule has 0 aliphatic carbocycles. The van der Waals surface area contributed by atoms with Gasteiger partial charge in [0.2, 0.25) is 0 Å². The Morgan fingerprint density at radius 3 is 0.808 bits per heavy atom. The highest BCUT2D eigenvalue weighted by molar-refractivity contribution is 7.47. The Morgan fingerprint density at radius 1 is 0.279 bits per heavy atom. The summed E-state index contributed by atoms with van der Waals surface area (Å²) in [5.74, 6) is -2.22. The summed E-state index contributed by atoms with van der Waals surface area (Å²) in [4.78, 5) is 73.1. The van der Waals surface area contributed by atoms with Crippen LogP contribution in [0.2, 0.25) is 0 Å². The number of hydrogen-bond donors (Lipinski definition) is 3. The first-order valence-corrected chi connectivity index (χ1v) is 43.8. The summed E-state index contributed by atoms with van der Waals surface area (Å²) in [5.41, 5.74) is 0. The fourth-order valence-electron chi connectivity index (χ4n) is 10.8. The van der Waals surface area contributed by atoms with Gasteiger partial charge in [0.1, 0.15) is 19.3 Å². The maximum absolute atomic E-state index is 13.1. The van der Waals surface area contributed by atoms with Gasteiger partial charge in [0.15, 0.2) is 12.2 Å². The van der Waals surface area contributed by atoms with Gasteiger partial charge in [-0.3, -0.25) is 37.3 Å². The molecular formula is C85H146O17P2. The van der Waals surface area contributed by atoms with Gasteiger partial charge in [-0.25, -0.2) is 9.13 Å². The lowest BCUT2D eigenvalue weighted by molar-refractivity contribution is -0.161. The molecule has 3 N–H and O–H groups in total. The first-order chi connectivity index (χ1) is 50.7. The predicted octanol–water partition coefficient (Wildman–Crippen LogP) is 23.9. The molecule has 104 heavy (non-hydrogen) atoms. The van der Waals surface area contributed by atoms with Crippen LogP contribution in [0, 0.1) is 0 Å². The number of hydrogen-bond acceptors (Lipinski definition) is 15. The Balaban J connectivity index is 5.37. The van der Waals surface area contributed by atoms with E-state index in [9.17, 15) is 43.2 Å². The minimum atomic E-state index is -4.99. The van der Waals surface area contributed by atoms with Gasteiger partial charge < -0.3 is 33.8 Å². The molecule has 0 aliphatic heterocycles. The average molecular weight is 1500 g/mol. The molecule has 0 rings (SSSR count). The van der Waals surface area contributed by atoms with Crippen molar-refractivity contribution in [3.05, 3.63) is 122 Å². The maximum atomic E-state index is 13.1. The van der Waals surface area contributed by atoms with Gasteiger partial charge in [0.05, 0.1) is 26.4 Å². The quantitative estimate of drug-likeness (QED) is 0.0169. The van der Waals surface area contributed by atoms with Gasteiger partial charge in [-0.15, -0.1) is 0 Å². The van der Waals surface area contributed by atoms with Gasteiger partial charge >= 0.3 is 39.5 Å². The monoisotopic (exact) mass is 1500 g/mol. The number of allylic oxidation sites excluding steroid dienone is 20. The number of phosphoric acid groups is 2. The van der Waals surface area contributed by atoms with Crippen LogP contribution in [0.15, 0.2) is 122 Å². The third-order valence-electron chi connectivity index (χ3n) is 16.9. The second-order valence-corrected chi connectivity index (χ2v) is 29.9. The van der Waals surface area contributed by atoms with Gasteiger partial charge in [-0.2, -0.15) is 0 Å². The van der Waals surface area contributed by atoms with Crippen molar-refractivity contribution in [3.63, 3.8) is 0 Å². The van der Waals surface area contributed by atoms with Gasteiger partial charge in [-0.1, -0.05) is 303 Å². The van der Waals surface area contributed by atoms with E-state index in [2.05, 4.69) is 149 Å². The smallest absolute Gasteiger partial charge is 0.462 e. The molecule has 0 heterocycles. The summed E-state index contributed by atoms with van der Waals surface area (Å²) in [7, 11) is -9.97. The zero-order valence-corrected chi connectivity index (χ0v) is 67.2. The molecule has 598 valence electrons. The van der Waals surface area contributed by atoms with E-state index in [1.165, 1.54) is 64.2 Å². The fourth-order valence-corrected chi connectivity index (χ4v) is 12.3. The number of unbranched alkanes of at least 4 members (excludes halogenated alkanes) is 30. The molecule has 0 saturated carbocycles. The van der Waals surface area contributed by atoms with Crippen LogP contribution in [0.5, 0.6) is 0 Å². The second-order valence-electron chi connectivity index (χ2n) is 27.0. The third-order valence-corrected chi connectivity index (χ3v) is 18.8. The third kappa shape index (κ3) is 75.7. The topological polar surface area (TPSA) is 237 Å². The number of aliphatic hydroxyl groups is 1. The van der Waals surface area contributed by atoms with E-state index in [1.807, 2.05) is 0 Å². The summed E-state index contributed by atoms with van der Waals surface area (Å²) in [5, 5.41) is 10.6. The summed E-state index contributed by atoms with van der Waals surface area (Å²) in [6, 6.07) is 0. The van der Waals surface area contributed by atoms with E-state index in [4.69, 9.17) is 37.0 Å². The second kappa shape index (κ2) is 76.6. The summed E-state index contributed by atoms with van der Waals surface area (Å²) >= 11 is 0. The van der Waals surface area contributed by atoms with Crippen molar-refractivity contribution in [2.24, 2.45) is 0 Å². The summed E-state index contributed by atoms with van der Waals surface area (Å²) in [6.45, 7) is 4.56. The molecule has 19 heteroatoms. The van der Waals surface area contributed by atoms with E-state index in [1.54, 1.807) is 0 Å². The molecule has 5 unspecified atom stereocenters. The van der Waals surface area contributed by atoms with Crippen molar-refractivity contribution < 1.29 is 80.2 Å². The minimum absolute atomic E-state index is 0.0734. The Labute approximate surface area is 632 Å². The molecule has 0 saturated heterocycles. The molecule has 5 atom stereocenters. The zero-order chi connectivity index (χ0) is 76.0. The molecule has 0 radical (unpaired) electrons. The number of carbonyl (C=O) groups excluding carboxylic acids is 4. The van der Waals surface area contributed by atoms with E-state index in [0.29, 0.717) is 25.7 Å². The van der Waals surface area contributed by atoms with Crippen molar-refractivity contribution in [1.29, 1.82) is 0 Å². The largest absolute Gasteiger partial charge is 0.472 e. The number of phosphoric ester groups is 2. The van der Waals surface area contributed by atoms with Crippen molar-refractivity contribution in [3.8, 4) is 0 Å². The molecule has 0 aromatic rings. The molecule has 0 fully saturated rings.